The van der Waals surface area contributed by atoms with Crippen LogP contribution in [0.5, 0.6) is 17.2 Å². The molecule has 0 saturated carbocycles. The highest BCUT2D eigenvalue weighted by Crippen LogP contribution is 2.30. The van der Waals surface area contributed by atoms with Crippen molar-refractivity contribution in [1.82, 2.24) is 0 Å². The zero-order valence-electron chi connectivity index (χ0n) is 17.6. The van der Waals surface area contributed by atoms with Crippen molar-refractivity contribution in [1.29, 1.82) is 0 Å². The number of hydrogen-bond donors (Lipinski definition) is 2. The predicted molar refractivity (Wildman–Crippen MR) is 111 cm³/mol. The van der Waals surface area contributed by atoms with Crippen molar-refractivity contribution in [3.8, 4) is 17.2 Å². The van der Waals surface area contributed by atoms with Crippen LogP contribution >= 0.6 is 0 Å². The molecule has 0 aliphatic carbocycles. The van der Waals surface area contributed by atoms with Crippen molar-refractivity contribution in [2.75, 3.05) is 33.2 Å². The summed E-state index contributed by atoms with van der Waals surface area (Å²) in [7, 11) is 5.26. The maximum absolute atomic E-state index is 12.8. The van der Waals surface area contributed by atoms with E-state index in [9.17, 15) is 4.79 Å². The van der Waals surface area contributed by atoms with E-state index in [1.165, 1.54) is 0 Å². The lowest BCUT2D eigenvalue weighted by molar-refractivity contribution is -0.907. The molecule has 0 aromatic heterocycles. The van der Waals surface area contributed by atoms with Crippen LogP contribution in [0.3, 0.4) is 0 Å². The number of methoxy groups -OCH3 is 2. The average Bonchev–Trinajstić information content (AvgIpc) is 2.70. The molecule has 0 fully saturated rings. The van der Waals surface area contributed by atoms with Crippen molar-refractivity contribution in [2.45, 2.75) is 33.4 Å². The molecule has 152 valence electrons. The smallest absolute Gasteiger partial charge is 0.282 e. The fourth-order valence-electron chi connectivity index (χ4n) is 2.98. The molecule has 1 amide bonds. The van der Waals surface area contributed by atoms with Gasteiger partial charge >= 0.3 is 0 Å². The van der Waals surface area contributed by atoms with Crippen molar-refractivity contribution in [2.24, 2.45) is 0 Å². The van der Waals surface area contributed by atoms with Crippen LogP contribution in [0.2, 0.25) is 0 Å². The van der Waals surface area contributed by atoms with E-state index in [4.69, 9.17) is 14.2 Å². The second kappa shape index (κ2) is 9.99. The maximum Gasteiger partial charge on any atom is 0.282 e. The van der Waals surface area contributed by atoms with Gasteiger partial charge in [0.05, 0.1) is 33.6 Å². The fraction of sp³-hybridized carbons (Fsp3) is 0.409. The van der Waals surface area contributed by atoms with Gasteiger partial charge in [-0.2, -0.15) is 0 Å². The van der Waals surface area contributed by atoms with E-state index in [-0.39, 0.29) is 11.9 Å². The summed E-state index contributed by atoms with van der Waals surface area (Å²) in [6.07, 6.45) is 0. The monoisotopic (exact) mass is 387 g/mol. The van der Waals surface area contributed by atoms with E-state index in [0.29, 0.717) is 36.1 Å². The summed E-state index contributed by atoms with van der Waals surface area (Å²) in [4.78, 5) is 13.8. The van der Waals surface area contributed by atoms with Gasteiger partial charge in [-0.25, -0.2) is 0 Å². The number of carbonyl (C=O) groups excluding carboxylic acids is 1. The Bertz CT molecular complexity index is 807. The number of quaternary nitrogens is 1. The van der Waals surface area contributed by atoms with Gasteiger partial charge in [0.25, 0.3) is 5.91 Å². The highest BCUT2D eigenvalue weighted by atomic mass is 16.5. The molecule has 0 aliphatic heterocycles. The first kappa shape index (κ1) is 21.6. The Morgan fingerprint density at radius 2 is 1.75 bits per heavy atom. The summed E-state index contributed by atoms with van der Waals surface area (Å²) >= 11 is 0. The van der Waals surface area contributed by atoms with Crippen LogP contribution in [0.4, 0.5) is 5.69 Å². The standard InChI is InChI=1S/C22H30N2O4/c1-7-28-19-11-9-8-10-18(19)23-22(25)16(3)24(4)14-17-13-21(27-6)20(26-5)12-15(17)2/h8-13,16H,7,14H2,1-6H3,(H,23,25)/p+1/t16-/m1/s1. The van der Waals surface area contributed by atoms with E-state index in [0.717, 1.165) is 16.0 Å². The Labute approximate surface area is 167 Å². The van der Waals surface area contributed by atoms with Crippen molar-refractivity contribution >= 4 is 11.6 Å². The van der Waals surface area contributed by atoms with E-state index in [1.807, 2.05) is 64.2 Å². The molecule has 0 saturated heterocycles. The van der Waals surface area contributed by atoms with Gasteiger partial charge in [-0.1, -0.05) is 12.1 Å². The molecule has 2 rings (SSSR count). The van der Waals surface area contributed by atoms with Gasteiger partial charge in [0.2, 0.25) is 0 Å². The Balaban J connectivity index is 2.10. The zero-order chi connectivity index (χ0) is 20.7. The summed E-state index contributed by atoms with van der Waals surface area (Å²) in [6.45, 7) is 7.11. The Hall–Kier alpha value is -2.73. The van der Waals surface area contributed by atoms with Gasteiger partial charge < -0.3 is 24.4 Å². The lowest BCUT2D eigenvalue weighted by Gasteiger charge is -2.23. The molecule has 0 bridgehead atoms. The van der Waals surface area contributed by atoms with Gasteiger partial charge in [0.15, 0.2) is 17.5 Å². The molecular weight excluding hydrogens is 356 g/mol. The lowest BCUT2D eigenvalue weighted by Crippen LogP contribution is -3.12. The molecule has 0 heterocycles. The van der Waals surface area contributed by atoms with Crippen LogP contribution in [0, 0.1) is 6.92 Å². The third-order valence-corrected chi connectivity index (χ3v) is 4.89. The SMILES string of the molecule is CCOc1ccccc1NC(=O)[C@@H](C)[NH+](C)Cc1cc(OC)c(OC)cc1C. The first-order valence-corrected chi connectivity index (χ1v) is 9.47. The first-order chi connectivity index (χ1) is 13.4. The molecular formula is C22H31N2O4+. The fourth-order valence-corrected chi connectivity index (χ4v) is 2.98. The highest BCUT2D eigenvalue weighted by Gasteiger charge is 2.24. The number of benzene rings is 2. The van der Waals surface area contributed by atoms with E-state index < -0.39 is 0 Å². The van der Waals surface area contributed by atoms with Crippen LogP contribution in [0.15, 0.2) is 36.4 Å². The molecule has 2 N–H and O–H groups in total. The number of likely N-dealkylation sites (N-methyl/N-ethyl adjacent to an activating group) is 1. The van der Waals surface area contributed by atoms with Crippen molar-refractivity contribution < 1.29 is 23.9 Å². The second-order valence-corrected chi connectivity index (χ2v) is 6.80. The summed E-state index contributed by atoms with van der Waals surface area (Å²) in [5.41, 5.74) is 2.91. The molecule has 6 heteroatoms. The summed E-state index contributed by atoms with van der Waals surface area (Å²) in [5, 5.41) is 2.99. The van der Waals surface area contributed by atoms with E-state index >= 15 is 0 Å². The molecule has 2 atom stereocenters. The van der Waals surface area contributed by atoms with Crippen molar-refractivity contribution in [3.63, 3.8) is 0 Å². The minimum atomic E-state index is -0.248. The topological polar surface area (TPSA) is 61.2 Å². The Kier molecular flexibility index (Phi) is 7.70. The summed E-state index contributed by atoms with van der Waals surface area (Å²) < 4.78 is 16.4. The molecule has 1 unspecified atom stereocenters. The quantitative estimate of drug-likeness (QED) is 0.694. The van der Waals surface area contributed by atoms with E-state index in [2.05, 4.69) is 5.32 Å². The minimum absolute atomic E-state index is 0.0530. The van der Waals surface area contributed by atoms with Gasteiger partial charge in [-0.05, 0) is 50.6 Å². The van der Waals surface area contributed by atoms with Crippen LogP contribution in [-0.2, 0) is 11.3 Å². The number of rotatable bonds is 9. The minimum Gasteiger partial charge on any atom is -0.493 e. The normalized spacial score (nSPS) is 12.8. The maximum atomic E-state index is 12.8. The lowest BCUT2D eigenvalue weighted by atomic mass is 10.1. The number of hydrogen-bond acceptors (Lipinski definition) is 4. The van der Waals surface area contributed by atoms with Crippen LogP contribution in [0.1, 0.15) is 25.0 Å². The van der Waals surface area contributed by atoms with Gasteiger partial charge in [0.1, 0.15) is 12.3 Å². The largest absolute Gasteiger partial charge is 0.493 e. The van der Waals surface area contributed by atoms with Gasteiger partial charge in [-0.15, -0.1) is 0 Å². The van der Waals surface area contributed by atoms with Crippen LogP contribution < -0.4 is 24.4 Å². The number of nitrogens with one attached hydrogen (secondary N) is 2. The number of anilines is 1. The zero-order valence-corrected chi connectivity index (χ0v) is 17.6. The molecule has 0 aliphatic rings. The number of para-hydroxylation sites is 2. The highest BCUT2D eigenvalue weighted by molar-refractivity contribution is 5.94. The van der Waals surface area contributed by atoms with Crippen LogP contribution in [0.25, 0.3) is 0 Å². The second-order valence-electron chi connectivity index (χ2n) is 6.80. The number of amides is 1. The average molecular weight is 388 g/mol. The van der Waals surface area contributed by atoms with Gasteiger partial charge in [-0.3, -0.25) is 4.79 Å². The van der Waals surface area contributed by atoms with Crippen molar-refractivity contribution in [3.05, 3.63) is 47.5 Å². The number of aryl methyl sites for hydroxylation is 1. The summed E-state index contributed by atoms with van der Waals surface area (Å²) in [6, 6.07) is 11.2. The Morgan fingerprint density at radius 3 is 2.39 bits per heavy atom. The van der Waals surface area contributed by atoms with E-state index in [1.54, 1.807) is 14.2 Å². The first-order valence-electron chi connectivity index (χ1n) is 9.47. The predicted octanol–water partition coefficient (Wildman–Crippen LogP) is 2.45. The summed E-state index contributed by atoms with van der Waals surface area (Å²) in [5.74, 6) is 2.03. The third kappa shape index (κ3) is 5.16. The molecule has 0 spiro atoms. The molecule has 28 heavy (non-hydrogen) atoms. The number of ether oxygens (including phenoxy) is 3. The van der Waals surface area contributed by atoms with Gasteiger partial charge in [0, 0.05) is 5.56 Å². The van der Waals surface area contributed by atoms with Crippen LogP contribution in [-0.4, -0.2) is 39.8 Å². The Morgan fingerprint density at radius 1 is 1.11 bits per heavy atom. The number of carbonyl (C=O) groups is 1. The molecule has 2 aromatic carbocycles. The molecule has 6 nitrogen and oxygen atoms in total. The molecule has 0 radical (unpaired) electrons. The third-order valence-electron chi connectivity index (χ3n) is 4.89. The molecule has 2 aromatic rings.